The third-order valence-corrected chi connectivity index (χ3v) is 4.90. The molecular weight excluding hydrogens is 220 g/mol. The van der Waals surface area contributed by atoms with Crippen LogP contribution in [-0.4, -0.2) is 5.78 Å². The average Bonchev–Trinajstić information content (AvgIpc) is 2.45. The van der Waals surface area contributed by atoms with E-state index in [1.807, 2.05) is 19.1 Å². The molecule has 0 saturated heterocycles. The van der Waals surface area contributed by atoms with Crippen LogP contribution in [-0.2, 0) is 4.79 Å². The van der Waals surface area contributed by atoms with Gasteiger partial charge in [0.05, 0.1) is 0 Å². The first kappa shape index (κ1) is 13.3. The van der Waals surface area contributed by atoms with E-state index in [1.54, 1.807) is 0 Å². The van der Waals surface area contributed by atoms with Crippen LogP contribution in [0.15, 0.2) is 37.0 Å². The minimum Gasteiger partial charge on any atom is -0.299 e. The number of fused-ring (bicyclic) bond motifs is 1. The highest BCUT2D eigenvalue weighted by Gasteiger charge is 2.40. The molecule has 0 heterocycles. The van der Waals surface area contributed by atoms with Crippen molar-refractivity contribution >= 4 is 5.78 Å². The molecule has 0 N–H and O–H groups in total. The van der Waals surface area contributed by atoms with Gasteiger partial charge in [-0.1, -0.05) is 30.7 Å². The Hall–Kier alpha value is -1.11. The van der Waals surface area contributed by atoms with E-state index in [1.165, 1.54) is 5.57 Å². The molecule has 18 heavy (non-hydrogen) atoms. The second-order valence-electron chi connectivity index (χ2n) is 5.73. The van der Waals surface area contributed by atoms with E-state index in [9.17, 15) is 4.79 Å². The van der Waals surface area contributed by atoms with Crippen LogP contribution >= 0.6 is 0 Å². The van der Waals surface area contributed by atoms with E-state index >= 15 is 0 Å². The van der Waals surface area contributed by atoms with Crippen molar-refractivity contribution in [3.05, 3.63) is 37.0 Å². The maximum absolute atomic E-state index is 12.1. The fourth-order valence-electron chi connectivity index (χ4n) is 3.61. The van der Waals surface area contributed by atoms with Gasteiger partial charge in [-0.25, -0.2) is 0 Å². The maximum atomic E-state index is 12.1. The maximum Gasteiger partial charge on any atom is 0.136 e. The first-order chi connectivity index (χ1) is 8.65. The third kappa shape index (κ3) is 2.23. The zero-order valence-electron chi connectivity index (χ0n) is 11.5. The van der Waals surface area contributed by atoms with Crippen molar-refractivity contribution in [3.8, 4) is 0 Å². The summed E-state index contributed by atoms with van der Waals surface area (Å²) in [6, 6.07) is 0. The SMILES string of the molecule is C=CC1(C=C)CCC2=CCC[C@H](C(=O)CC)[C@@H]2C1. The summed E-state index contributed by atoms with van der Waals surface area (Å²) in [4.78, 5) is 12.1. The monoisotopic (exact) mass is 244 g/mol. The van der Waals surface area contributed by atoms with Crippen molar-refractivity contribution in [2.24, 2.45) is 17.3 Å². The Labute approximate surface area is 111 Å². The van der Waals surface area contributed by atoms with Crippen LogP contribution in [0.2, 0.25) is 0 Å². The number of ketones is 1. The molecule has 0 unspecified atom stereocenters. The van der Waals surface area contributed by atoms with Crippen molar-refractivity contribution in [3.63, 3.8) is 0 Å². The Bertz CT molecular complexity index is 380. The molecule has 0 aromatic rings. The lowest BCUT2D eigenvalue weighted by atomic mass is 9.61. The number of hydrogen-bond donors (Lipinski definition) is 0. The van der Waals surface area contributed by atoms with E-state index < -0.39 is 0 Å². The van der Waals surface area contributed by atoms with Crippen LogP contribution in [0.5, 0.6) is 0 Å². The molecule has 0 aliphatic heterocycles. The number of hydrogen-bond acceptors (Lipinski definition) is 1. The second kappa shape index (κ2) is 5.26. The summed E-state index contributed by atoms with van der Waals surface area (Å²) in [6.45, 7) is 9.94. The Morgan fingerprint density at radius 1 is 1.50 bits per heavy atom. The van der Waals surface area contributed by atoms with Crippen molar-refractivity contribution in [1.29, 1.82) is 0 Å². The zero-order valence-corrected chi connectivity index (χ0v) is 11.5. The molecule has 1 saturated carbocycles. The van der Waals surface area contributed by atoms with Gasteiger partial charge in [-0.3, -0.25) is 4.79 Å². The largest absolute Gasteiger partial charge is 0.299 e. The summed E-state index contributed by atoms with van der Waals surface area (Å²) in [7, 11) is 0. The lowest BCUT2D eigenvalue weighted by Crippen LogP contribution is -2.35. The molecule has 0 aromatic heterocycles. The molecule has 1 nitrogen and oxygen atoms in total. The number of allylic oxidation sites excluding steroid dienone is 4. The lowest BCUT2D eigenvalue weighted by Gasteiger charge is -2.43. The molecule has 98 valence electrons. The molecule has 0 bridgehead atoms. The molecule has 0 radical (unpaired) electrons. The van der Waals surface area contributed by atoms with Crippen LogP contribution < -0.4 is 0 Å². The molecule has 2 atom stereocenters. The Balaban J connectivity index is 2.25. The molecule has 0 spiro atoms. The number of carbonyl (C=O) groups excluding carboxylic acids is 1. The summed E-state index contributed by atoms with van der Waals surface area (Å²) in [5.74, 6) is 1.13. The van der Waals surface area contributed by atoms with Gasteiger partial charge in [0.15, 0.2) is 0 Å². The van der Waals surface area contributed by atoms with Crippen LogP contribution in [0.3, 0.4) is 0 Å². The molecule has 0 amide bonds. The predicted octanol–water partition coefficient (Wildman–Crippen LogP) is 4.46. The fraction of sp³-hybridized carbons (Fsp3) is 0.588. The standard InChI is InChI=1S/C17H24O/c1-4-16(18)14-9-7-8-13-10-11-17(5-2,6-3)12-15(13)14/h5-6,8,14-15H,2-4,7,9-12H2,1H3/t14-,15+/m0/s1. The molecule has 1 fully saturated rings. The summed E-state index contributed by atoms with van der Waals surface area (Å²) in [5.41, 5.74) is 1.57. The molecule has 2 aliphatic rings. The van der Waals surface area contributed by atoms with Gasteiger partial charge < -0.3 is 0 Å². The van der Waals surface area contributed by atoms with Gasteiger partial charge in [0.1, 0.15) is 5.78 Å². The van der Waals surface area contributed by atoms with E-state index in [-0.39, 0.29) is 11.3 Å². The van der Waals surface area contributed by atoms with Crippen LogP contribution in [0.1, 0.15) is 45.4 Å². The van der Waals surface area contributed by atoms with Gasteiger partial charge in [0.25, 0.3) is 0 Å². The van der Waals surface area contributed by atoms with Gasteiger partial charge in [0, 0.05) is 17.8 Å². The fourth-order valence-corrected chi connectivity index (χ4v) is 3.61. The van der Waals surface area contributed by atoms with Crippen LogP contribution in [0.25, 0.3) is 0 Å². The van der Waals surface area contributed by atoms with Crippen molar-refractivity contribution in [2.45, 2.75) is 45.4 Å². The van der Waals surface area contributed by atoms with Gasteiger partial charge in [-0.15, -0.1) is 13.2 Å². The van der Waals surface area contributed by atoms with Crippen molar-refractivity contribution in [1.82, 2.24) is 0 Å². The smallest absolute Gasteiger partial charge is 0.136 e. The second-order valence-corrected chi connectivity index (χ2v) is 5.73. The first-order valence-corrected chi connectivity index (χ1v) is 7.14. The lowest BCUT2D eigenvalue weighted by molar-refractivity contribution is -0.124. The normalized spacial score (nSPS) is 29.9. The minimum atomic E-state index is 0.0472. The molecule has 1 heteroatoms. The molecule has 0 aromatic carbocycles. The van der Waals surface area contributed by atoms with Gasteiger partial charge in [0.2, 0.25) is 0 Å². The summed E-state index contributed by atoms with van der Waals surface area (Å²) >= 11 is 0. The van der Waals surface area contributed by atoms with Crippen LogP contribution in [0.4, 0.5) is 0 Å². The van der Waals surface area contributed by atoms with Gasteiger partial charge in [-0.2, -0.15) is 0 Å². The van der Waals surface area contributed by atoms with Gasteiger partial charge >= 0.3 is 0 Å². The molecule has 2 aliphatic carbocycles. The van der Waals surface area contributed by atoms with Crippen molar-refractivity contribution in [2.75, 3.05) is 0 Å². The number of carbonyl (C=O) groups is 1. The van der Waals surface area contributed by atoms with E-state index in [0.717, 1.165) is 32.1 Å². The topological polar surface area (TPSA) is 17.1 Å². The number of rotatable bonds is 4. The van der Waals surface area contributed by atoms with E-state index in [2.05, 4.69) is 19.2 Å². The highest BCUT2D eigenvalue weighted by Crippen LogP contribution is 2.49. The van der Waals surface area contributed by atoms with Crippen LogP contribution in [0, 0.1) is 17.3 Å². The molecule has 2 rings (SSSR count). The highest BCUT2D eigenvalue weighted by molar-refractivity contribution is 5.81. The summed E-state index contributed by atoms with van der Waals surface area (Å²) in [6.07, 6.45) is 12.5. The summed E-state index contributed by atoms with van der Waals surface area (Å²) < 4.78 is 0. The quantitative estimate of drug-likeness (QED) is 0.667. The minimum absolute atomic E-state index is 0.0472. The highest BCUT2D eigenvalue weighted by atomic mass is 16.1. The van der Waals surface area contributed by atoms with Gasteiger partial charge in [-0.05, 0) is 38.0 Å². The average molecular weight is 244 g/mol. The first-order valence-electron chi connectivity index (χ1n) is 7.14. The molecular formula is C17H24O. The predicted molar refractivity (Wildman–Crippen MR) is 76.3 cm³/mol. The van der Waals surface area contributed by atoms with Crippen molar-refractivity contribution < 1.29 is 4.79 Å². The van der Waals surface area contributed by atoms with E-state index in [4.69, 9.17) is 0 Å². The Morgan fingerprint density at radius 2 is 2.22 bits per heavy atom. The third-order valence-electron chi connectivity index (χ3n) is 4.90. The Morgan fingerprint density at radius 3 is 2.83 bits per heavy atom. The zero-order chi connectivity index (χ0) is 13.2. The van der Waals surface area contributed by atoms with E-state index in [0.29, 0.717) is 18.1 Å². The Kier molecular flexibility index (Phi) is 3.89. The number of Topliss-reactive ketones (excluding diaryl/α,β-unsaturated/α-hetero) is 1. The summed E-state index contributed by atoms with van der Waals surface area (Å²) in [5, 5.41) is 0.